The summed E-state index contributed by atoms with van der Waals surface area (Å²) < 4.78 is 0. The molecule has 0 spiro atoms. The summed E-state index contributed by atoms with van der Waals surface area (Å²) in [5, 5.41) is 5.59. The minimum Gasteiger partial charge on any atom is -0.378 e. The quantitative estimate of drug-likeness (QED) is 0.771. The lowest BCUT2D eigenvalue weighted by molar-refractivity contribution is -0.115. The normalized spacial score (nSPS) is 9.80. The number of amides is 1. The molecule has 1 rings (SSSR count). The maximum Gasteiger partial charge on any atom is 0.238 e. The van der Waals surface area contributed by atoms with Crippen molar-refractivity contribution in [2.24, 2.45) is 0 Å². The van der Waals surface area contributed by atoms with E-state index in [-0.39, 0.29) is 5.91 Å². The highest BCUT2D eigenvalue weighted by molar-refractivity contribution is 5.92. The summed E-state index contributed by atoms with van der Waals surface area (Å²) in [6, 6.07) is 7.72. The number of carbonyl (C=O) groups excluding carboxylic acids is 1. The molecule has 0 radical (unpaired) electrons. The predicted molar refractivity (Wildman–Crippen MR) is 63.3 cm³/mol. The van der Waals surface area contributed by atoms with Gasteiger partial charge in [-0.05, 0) is 31.3 Å². The number of anilines is 2. The number of benzene rings is 1. The molecule has 0 aliphatic carbocycles. The van der Waals surface area contributed by atoms with Crippen molar-refractivity contribution in [1.82, 2.24) is 5.32 Å². The monoisotopic (exact) mass is 207 g/mol. The highest BCUT2D eigenvalue weighted by Gasteiger charge is 2.00. The number of hydrogen-bond acceptors (Lipinski definition) is 3. The molecule has 1 amide bonds. The molecule has 4 heteroatoms. The Bertz CT molecular complexity index is 319. The van der Waals surface area contributed by atoms with Crippen LogP contribution in [-0.2, 0) is 4.79 Å². The zero-order chi connectivity index (χ0) is 11.3. The Morgan fingerprint density at radius 2 is 1.87 bits per heavy atom. The van der Waals surface area contributed by atoms with E-state index in [1.165, 1.54) is 0 Å². The molecule has 82 valence electrons. The first-order chi connectivity index (χ1) is 7.13. The van der Waals surface area contributed by atoms with Gasteiger partial charge in [0.25, 0.3) is 0 Å². The molecule has 2 N–H and O–H groups in total. The number of nitrogens with zero attached hydrogens (tertiary/aromatic N) is 1. The van der Waals surface area contributed by atoms with Crippen molar-refractivity contribution < 1.29 is 4.79 Å². The lowest BCUT2D eigenvalue weighted by atomic mass is 10.2. The van der Waals surface area contributed by atoms with Gasteiger partial charge in [-0.25, -0.2) is 0 Å². The molecule has 0 fully saturated rings. The molecule has 15 heavy (non-hydrogen) atoms. The largest absolute Gasteiger partial charge is 0.378 e. The van der Waals surface area contributed by atoms with Crippen LogP contribution in [0.2, 0.25) is 0 Å². The average molecular weight is 207 g/mol. The zero-order valence-corrected chi connectivity index (χ0v) is 9.37. The van der Waals surface area contributed by atoms with E-state index in [0.29, 0.717) is 6.54 Å². The van der Waals surface area contributed by atoms with Gasteiger partial charge in [0, 0.05) is 25.5 Å². The molecule has 0 atom stereocenters. The second-order valence-corrected chi connectivity index (χ2v) is 3.52. The van der Waals surface area contributed by atoms with Gasteiger partial charge in [0.1, 0.15) is 0 Å². The van der Waals surface area contributed by atoms with Gasteiger partial charge in [-0.2, -0.15) is 0 Å². The van der Waals surface area contributed by atoms with Crippen LogP contribution in [0, 0.1) is 0 Å². The van der Waals surface area contributed by atoms with Crippen molar-refractivity contribution in [3.63, 3.8) is 0 Å². The smallest absolute Gasteiger partial charge is 0.238 e. The number of rotatable bonds is 4. The summed E-state index contributed by atoms with van der Waals surface area (Å²) in [6.45, 7) is 0.329. The lowest BCUT2D eigenvalue weighted by Crippen LogP contribution is -2.25. The van der Waals surface area contributed by atoms with Crippen LogP contribution in [0.25, 0.3) is 0 Å². The zero-order valence-electron chi connectivity index (χ0n) is 9.37. The molecule has 0 saturated carbocycles. The second kappa shape index (κ2) is 5.36. The van der Waals surface area contributed by atoms with Crippen molar-refractivity contribution in [2.45, 2.75) is 0 Å². The van der Waals surface area contributed by atoms with Gasteiger partial charge in [0.05, 0.1) is 6.54 Å². The lowest BCUT2D eigenvalue weighted by Gasteiger charge is -2.12. The highest BCUT2D eigenvalue weighted by atomic mass is 16.1. The maximum absolute atomic E-state index is 11.2. The van der Waals surface area contributed by atoms with E-state index in [1.54, 1.807) is 7.05 Å². The molecule has 0 aliphatic rings. The summed E-state index contributed by atoms with van der Waals surface area (Å²) in [7, 11) is 5.71. The van der Waals surface area contributed by atoms with Crippen molar-refractivity contribution in [1.29, 1.82) is 0 Å². The molecule has 0 unspecified atom stereocenters. The van der Waals surface area contributed by atoms with Crippen LogP contribution in [0.5, 0.6) is 0 Å². The van der Waals surface area contributed by atoms with Crippen molar-refractivity contribution in [2.75, 3.05) is 37.9 Å². The topological polar surface area (TPSA) is 44.4 Å². The van der Waals surface area contributed by atoms with Gasteiger partial charge >= 0.3 is 0 Å². The van der Waals surface area contributed by atoms with Crippen molar-refractivity contribution in [3.05, 3.63) is 24.3 Å². The molecule has 0 saturated heterocycles. The van der Waals surface area contributed by atoms with E-state index in [0.717, 1.165) is 11.4 Å². The number of likely N-dealkylation sites (N-methyl/N-ethyl adjacent to an activating group) is 1. The first-order valence-electron chi connectivity index (χ1n) is 4.85. The molecular weight excluding hydrogens is 190 g/mol. The second-order valence-electron chi connectivity index (χ2n) is 3.52. The van der Waals surface area contributed by atoms with Gasteiger partial charge in [-0.1, -0.05) is 0 Å². The molecule has 0 bridgehead atoms. The van der Waals surface area contributed by atoms with Gasteiger partial charge in [0.15, 0.2) is 0 Å². The van der Waals surface area contributed by atoms with Crippen LogP contribution in [0.4, 0.5) is 11.4 Å². The summed E-state index contributed by atoms with van der Waals surface area (Å²) in [5.74, 6) is -0.0323. The Balaban J connectivity index is 2.60. The van der Waals surface area contributed by atoms with Crippen molar-refractivity contribution in [3.8, 4) is 0 Å². The molecular formula is C11H17N3O. The van der Waals surface area contributed by atoms with Crippen LogP contribution in [0.15, 0.2) is 24.3 Å². The summed E-state index contributed by atoms with van der Waals surface area (Å²) in [4.78, 5) is 13.3. The SMILES string of the molecule is CNCC(=O)Nc1ccc(N(C)C)cc1. The van der Waals surface area contributed by atoms with Crippen LogP contribution in [0.3, 0.4) is 0 Å². The van der Waals surface area contributed by atoms with Gasteiger partial charge in [-0.15, -0.1) is 0 Å². The Kier molecular flexibility index (Phi) is 4.12. The Labute approximate surface area is 90.3 Å². The third-order valence-electron chi connectivity index (χ3n) is 2.00. The Hall–Kier alpha value is -1.55. The molecule has 0 aromatic heterocycles. The average Bonchev–Trinajstić information content (AvgIpc) is 2.18. The van der Waals surface area contributed by atoms with E-state index in [1.807, 2.05) is 43.3 Å². The standard InChI is InChI=1S/C11H17N3O/c1-12-8-11(15)13-9-4-6-10(7-5-9)14(2)3/h4-7,12H,8H2,1-3H3,(H,13,15). The van der Waals surface area contributed by atoms with Crippen molar-refractivity contribution >= 4 is 17.3 Å². The minimum atomic E-state index is -0.0323. The van der Waals surface area contributed by atoms with E-state index in [4.69, 9.17) is 0 Å². The van der Waals surface area contributed by atoms with Gasteiger partial charge in [0.2, 0.25) is 5.91 Å². The highest BCUT2D eigenvalue weighted by Crippen LogP contribution is 2.15. The van der Waals surface area contributed by atoms with Gasteiger partial charge in [-0.3, -0.25) is 4.79 Å². The van der Waals surface area contributed by atoms with E-state index in [9.17, 15) is 4.79 Å². The molecule has 0 aliphatic heterocycles. The first-order valence-corrected chi connectivity index (χ1v) is 4.85. The summed E-state index contributed by atoms with van der Waals surface area (Å²) in [5.41, 5.74) is 1.93. The van der Waals surface area contributed by atoms with E-state index >= 15 is 0 Å². The maximum atomic E-state index is 11.2. The summed E-state index contributed by atoms with van der Waals surface area (Å²) >= 11 is 0. The van der Waals surface area contributed by atoms with E-state index in [2.05, 4.69) is 10.6 Å². The van der Waals surface area contributed by atoms with Crippen LogP contribution < -0.4 is 15.5 Å². The third kappa shape index (κ3) is 3.59. The van der Waals surface area contributed by atoms with E-state index < -0.39 is 0 Å². The fraction of sp³-hybridized carbons (Fsp3) is 0.364. The molecule has 1 aromatic carbocycles. The molecule has 1 aromatic rings. The Morgan fingerprint density at radius 1 is 1.27 bits per heavy atom. The fourth-order valence-corrected chi connectivity index (χ4v) is 1.21. The Morgan fingerprint density at radius 3 is 2.33 bits per heavy atom. The molecule has 0 heterocycles. The first kappa shape index (κ1) is 11.5. The fourth-order valence-electron chi connectivity index (χ4n) is 1.21. The van der Waals surface area contributed by atoms with Crippen LogP contribution in [-0.4, -0.2) is 33.6 Å². The molecule has 4 nitrogen and oxygen atoms in total. The number of carbonyl (C=O) groups is 1. The number of nitrogens with one attached hydrogen (secondary N) is 2. The van der Waals surface area contributed by atoms with Crippen LogP contribution in [0.1, 0.15) is 0 Å². The number of hydrogen-bond donors (Lipinski definition) is 2. The predicted octanol–water partition coefficient (Wildman–Crippen LogP) is 0.910. The van der Waals surface area contributed by atoms with Crippen LogP contribution >= 0.6 is 0 Å². The summed E-state index contributed by atoms with van der Waals surface area (Å²) in [6.07, 6.45) is 0. The van der Waals surface area contributed by atoms with Gasteiger partial charge < -0.3 is 15.5 Å². The minimum absolute atomic E-state index is 0.0323. The third-order valence-corrected chi connectivity index (χ3v) is 2.00.